The van der Waals surface area contributed by atoms with Gasteiger partial charge in [-0.2, -0.15) is 8.78 Å². The van der Waals surface area contributed by atoms with E-state index in [1.165, 1.54) is 18.2 Å². The van der Waals surface area contributed by atoms with Crippen LogP contribution in [0.4, 0.5) is 8.78 Å². The van der Waals surface area contributed by atoms with Crippen LogP contribution in [-0.4, -0.2) is 18.6 Å². The van der Waals surface area contributed by atoms with Crippen molar-refractivity contribution in [1.29, 1.82) is 0 Å². The summed E-state index contributed by atoms with van der Waals surface area (Å²) in [7, 11) is 0. The Hall–Kier alpha value is -1.17. The number of benzene rings is 1. The molecular formula is C11H12BrF2NO2. The van der Waals surface area contributed by atoms with Gasteiger partial charge in [-0.25, -0.2) is 0 Å². The number of ether oxygens (including phenoxy) is 1. The summed E-state index contributed by atoms with van der Waals surface area (Å²) in [6, 6.07) is 4.27. The van der Waals surface area contributed by atoms with Gasteiger partial charge in [0.2, 0.25) is 0 Å². The third kappa shape index (κ3) is 4.30. The Bertz CT molecular complexity index is 410. The minimum Gasteiger partial charge on any atom is -0.434 e. The SMILES string of the molecule is CC(C)NC(=O)c1ccc(Br)c(OC(F)F)c1. The Morgan fingerprint density at radius 3 is 2.59 bits per heavy atom. The molecule has 17 heavy (non-hydrogen) atoms. The Kier molecular flexibility index (Phi) is 4.86. The number of hydrogen-bond donors (Lipinski definition) is 1. The van der Waals surface area contributed by atoms with Crippen molar-refractivity contribution in [3.05, 3.63) is 28.2 Å². The molecule has 0 radical (unpaired) electrons. The van der Waals surface area contributed by atoms with E-state index in [-0.39, 0.29) is 23.3 Å². The molecule has 3 nitrogen and oxygen atoms in total. The molecule has 0 aliphatic carbocycles. The topological polar surface area (TPSA) is 38.3 Å². The zero-order valence-corrected chi connectivity index (χ0v) is 10.9. The lowest BCUT2D eigenvalue weighted by molar-refractivity contribution is -0.0504. The van der Waals surface area contributed by atoms with Gasteiger partial charge >= 0.3 is 6.61 Å². The molecule has 0 aliphatic rings. The second-order valence-electron chi connectivity index (χ2n) is 3.65. The standard InChI is InChI=1S/C11H12BrF2NO2/c1-6(2)15-10(16)7-3-4-8(12)9(5-7)17-11(13)14/h3-6,11H,1-2H3,(H,15,16). The smallest absolute Gasteiger partial charge is 0.387 e. The molecule has 94 valence electrons. The zero-order chi connectivity index (χ0) is 13.0. The van der Waals surface area contributed by atoms with Crippen molar-refractivity contribution in [2.45, 2.75) is 26.5 Å². The van der Waals surface area contributed by atoms with Crippen LogP contribution < -0.4 is 10.1 Å². The first-order chi connectivity index (χ1) is 7.90. The third-order valence-corrected chi connectivity index (χ3v) is 2.48. The van der Waals surface area contributed by atoms with E-state index in [4.69, 9.17) is 0 Å². The Morgan fingerprint density at radius 2 is 2.06 bits per heavy atom. The summed E-state index contributed by atoms with van der Waals surface area (Å²) in [6.45, 7) is 0.704. The van der Waals surface area contributed by atoms with Crippen LogP contribution in [0.2, 0.25) is 0 Å². The lowest BCUT2D eigenvalue weighted by Gasteiger charge is -2.11. The Balaban J connectivity index is 2.91. The molecule has 1 amide bonds. The molecule has 1 aromatic carbocycles. The molecule has 1 rings (SSSR count). The van der Waals surface area contributed by atoms with Gasteiger partial charge in [0.1, 0.15) is 5.75 Å². The number of amides is 1. The second kappa shape index (κ2) is 5.95. The molecule has 0 atom stereocenters. The van der Waals surface area contributed by atoms with Gasteiger partial charge in [-0.05, 0) is 48.0 Å². The molecule has 0 bridgehead atoms. The molecule has 0 heterocycles. The van der Waals surface area contributed by atoms with E-state index >= 15 is 0 Å². The average Bonchev–Trinajstić information content (AvgIpc) is 2.19. The highest BCUT2D eigenvalue weighted by Crippen LogP contribution is 2.27. The summed E-state index contributed by atoms with van der Waals surface area (Å²) in [6.07, 6.45) is 0. The normalized spacial score (nSPS) is 10.8. The van der Waals surface area contributed by atoms with Crippen LogP contribution in [0.1, 0.15) is 24.2 Å². The minimum atomic E-state index is -2.92. The predicted molar refractivity (Wildman–Crippen MR) is 63.4 cm³/mol. The highest BCUT2D eigenvalue weighted by molar-refractivity contribution is 9.10. The summed E-state index contributed by atoms with van der Waals surface area (Å²) >= 11 is 3.07. The van der Waals surface area contributed by atoms with Crippen LogP contribution in [-0.2, 0) is 0 Å². The van der Waals surface area contributed by atoms with E-state index in [1.54, 1.807) is 0 Å². The molecule has 0 aliphatic heterocycles. The van der Waals surface area contributed by atoms with E-state index in [0.717, 1.165) is 0 Å². The van der Waals surface area contributed by atoms with Crippen molar-refractivity contribution in [2.24, 2.45) is 0 Å². The van der Waals surface area contributed by atoms with Crippen LogP contribution in [0.5, 0.6) is 5.75 Å². The van der Waals surface area contributed by atoms with Crippen molar-refractivity contribution < 1.29 is 18.3 Å². The molecule has 0 fully saturated rings. The number of rotatable bonds is 4. The monoisotopic (exact) mass is 307 g/mol. The van der Waals surface area contributed by atoms with E-state index in [2.05, 4.69) is 26.0 Å². The maximum atomic E-state index is 12.1. The van der Waals surface area contributed by atoms with Crippen LogP contribution in [0.3, 0.4) is 0 Å². The number of hydrogen-bond acceptors (Lipinski definition) is 2. The Morgan fingerprint density at radius 1 is 1.41 bits per heavy atom. The maximum Gasteiger partial charge on any atom is 0.387 e. The van der Waals surface area contributed by atoms with Crippen LogP contribution in [0, 0.1) is 0 Å². The third-order valence-electron chi connectivity index (χ3n) is 1.83. The molecular weight excluding hydrogens is 296 g/mol. The molecule has 1 aromatic rings. The van der Waals surface area contributed by atoms with Gasteiger partial charge in [0.25, 0.3) is 5.91 Å². The van der Waals surface area contributed by atoms with Gasteiger partial charge in [0.05, 0.1) is 4.47 Å². The quantitative estimate of drug-likeness (QED) is 0.927. The summed E-state index contributed by atoms with van der Waals surface area (Å²) in [5.74, 6) is -0.386. The highest BCUT2D eigenvalue weighted by atomic mass is 79.9. The number of alkyl halides is 2. The summed E-state index contributed by atoms with van der Waals surface area (Å²) in [5, 5.41) is 2.66. The largest absolute Gasteiger partial charge is 0.434 e. The van der Waals surface area contributed by atoms with E-state index < -0.39 is 6.61 Å². The molecule has 0 saturated carbocycles. The van der Waals surface area contributed by atoms with Crippen molar-refractivity contribution in [2.75, 3.05) is 0 Å². The summed E-state index contributed by atoms with van der Waals surface area (Å²) < 4.78 is 28.9. The Labute approximate surface area is 106 Å². The molecule has 0 spiro atoms. The minimum absolute atomic E-state index is 0.0226. The number of carbonyl (C=O) groups excluding carboxylic acids is 1. The molecule has 0 unspecified atom stereocenters. The van der Waals surface area contributed by atoms with E-state index in [9.17, 15) is 13.6 Å². The fraction of sp³-hybridized carbons (Fsp3) is 0.364. The fourth-order valence-corrected chi connectivity index (χ4v) is 1.52. The first-order valence-electron chi connectivity index (χ1n) is 4.95. The number of nitrogens with one attached hydrogen (secondary N) is 1. The van der Waals surface area contributed by atoms with Gasteiger partial charge in [-0.1, -0.05) is 0 Å². The predicted octanol–water partition coefficient (Wildman–Crippen LogP) is 3.19. The van der Waals surface area contributed by atoms with Crippen LogP contribution >= 0.6 is 15.9 Å². The first kappa shape index (κ1) is 13.9. The van der Waals surface area contributed by atoms with Crippen molar-refractivity contribution >= 4 is 21.8 Å². The van der Waals surface area contributed by atoms with Gasteiger partial charge in [0, 0.05) is 11.6 Å². The number of carbonyl (C=O) groups is 1. The van der Waals surface area contributed by atoms with Gasteiger partial charge < -0.3 is 10.1 Å². The van der Waals surface area contributed by atoms with E-state index in [1.807, 2.05) is 13.8 Å². The number of halogens is 3. The molecule has 6 heteroatoms. The maximum absolute atomic E-state index is 12.1. The summed E-state index contributed by atoms with van der Waals surface area (Å²) in [5.41, 5.74) is 0.276. The second-order valence-corrected chi connectivity index (χ2v) is 4.51. The van der Waals surface area contributed by atoms with Crippen LogP contribution in [0.25, 0.3) is 0 Å². The lowest BCUT2D eigenvalue weighted by atomic mass is 10.2. The summed E-state index contributed by atoms with van der Waals surface area (Å²) in [4.78, 5) is 11.6. The molecule has 0 aromatic heterocycles. The molecule has 0 saturated heterocycles. The zero-order valence-electron chi connectivity index (χ0n) is 9.34. The van der Waals surface area contributed by atoms with Gasteiger partial charge in [0.15, 0.2) is 0 Å². The van der Waals surface area contributed by atoms with Crippen molar-refractivity contribution in [3.8, 4) is 5.75 Å². The van der Waals surface area contributed by atoms with Crippen LogP contribution in [0.15, 0.2) is 22.7 Å². The highest BCUT2D eigenvalue weighted by Gasteiger charge is 2.13. The van der Waals surface area contributed by atoms with Gasteiger partial charge in [-0.15, -0.1) is 0 Å². The average molecular weight is 308 g/mol. The molecule has 1 N–H and O–H groups in total. The van der Waals surface area contributed by atoms with Gasteiger partial charge in [-0.3, -0.25) is 4.79 Å². The van der Waals surface area contributed by atoms with Crippen molar-refractivity contribution in [1.82, 2.24) is 5.32 Å². The van der Waals surface area contributed by atoms with E-state index in [0.29, 0.717) is 4.47 Å². The fourth-order valence-electron chi connectivity index (χ4n) is 1.18. The van der Waals surface area contributed by atoms with Crippen molar-refractivity contribution in [3.63, 3.8) is 0 Å². The lowest BCUT2D eigenvalue weighted by Crippen LogP contribution is -2.30. The first-order valence-corrected chi connectivity index (χ1v) is 5.74.